The first-order valence-corrected chi connectivity index (χ1v) is 4.02. The molecule has 11 heavy (non-hydrogen) atoms. The molecule has 0 aliphatic heterocycles. The van der Waals surface area contributed by atoms with E-state index in [-0.39, 0.29) is 10.3 Å². The first-order chi connectivity index (χ1) is 4.95. The van der Waals surface area contributed by atoms with Crippen LogP contribution >= 0.6 is 34.8 Å². The zero-order valence-corrected chi connectivity index (χ0v) is 8.30. The highest BCUT2D eigenvalue weighted by Gasteiger charge is 2.12. The van der Waals surface area contributed by atoms with Gasteiger partial charge in [-0.25, -0.2) is 0 Å². The number of allylic oxidation sites excluding steroid dienone is 1. The first-order valence-electron chi connectivity index (χ1n) is 2.82. The van der Waals surface area contributed by atoms with E-state index in [0.29, 0.717) is 0 Å². The van der Waals surface area contributed by atoms with Crippen LogP contribution in [0.1, 0.15) is 13.8 Å². The molecule has 5 heteroatoms. The summed E-state index contributed by atoms with van der Waals surface area (Å²) in [6.45, 7) is 2.99. The number of esters is 1. The molecule has 1 unspecified atom stereocenters. The molecule has 0 rings (SSSR count). The van der Waals surface area contributed by atoms with E-state index in [1.54, 1.807) is 0 Å². The average molecular weight is 217 g/mol. The van der Waals surface area contributed by atoms with E-state index in [1.165, 1.54) is 13.8 Å². The van der Waals surface area contributed by atoms with Gasteiger partial charge in [0.1, 0.15) is 5.38 Å². The van der Waals surface area contributed by atoms with Gasteiger partial charge in [-0.3, -0.25) is 4.79 Å². The van der Waals surface area contributed by atoms with Crippen LogP contribution in [-0.4, -0.2) is 11.3 Å². The third-order valence-corrected chi connectivity index (χ3v) is 1.59. The Morgan fingerprint density at radius 1 is 1.45 bits per heavy atom. The zero-order chi connectivity index (χ0) is 9.02. The number of carbonyl (C=O) groups excluding carboxylic acids is 1. The van der Waals surface area contributed by atoms with Crippen molar-refractivity contribution in [2.24, 2.45) is 0 Å². The second kappa shape index (κ2) is 4.86. The summed E-state index contributed by atoms with van der Waals surface area (Å²) in [6.07, 6.45) is 0. The van der Waals surface area contributed by atoms with Crippen LogP contribution in [0.25, 0.3) is 0 Å². The third-order valence-electron chi connectivity index (χ3n) is 0.786. The summed E-state index contributed by atoms with van der Waals surface area (Å²) in [6, 6.07) is 0. The van der Waals surface area contributed by atoms with Crippen molar-refractivity contribution in [1.29, 1.82) is 0 Å². The predicted molar refractivity (Wildman–Crippen MR) is 45.8 cm³/mol. The maximum atomic E-state index is 10.7. The minimum absolute atomic E-state index is 0.135. The molecule has 0 saturated carbocycles. The molecule has 0 aromatic heterocycles. The number of halogens is 3. The third kappa shape index (κ3) is 4.51. The molecule has 0 heterocycles. The van der Waals surface area contributed by atoms with Crippen LogP contribution in [0.15, 0.2) is 10.3 Å². The Morgan fingerprint density at radius 2 is 1.91 bits per heavy atom. The highest BCUT2D eigenvalue weighted by molar-refractivity contribution is 6.38. The second-order valence-electron chi connectivity index (χ2n) is 1.84. The van der Waals surface area contributed by atoms with Crippen molar-refractivity contribution in [3.8, 4) is 0 Å². The van der Waals surface area contributed by atoms with Gasteiger partial charge in [0.05, 0.1) is 5.03 Å². The van der Waals surface area contributed by atoms with E-state index in [2.05, 4.69) is 4.74 Å². The second-order valence-corrected chi connectivity index (χ2v) is 3.41. The molecule has 0 N–H and O–H groups in total. The Labute approximate surface area is 80.1 Å². The molecule has 0 aliphatic rings. The molecular formula is C6H7Cl3O2. The fourth-order valence-electron chi connectivity index (χ4n) is 0.240. The lowest BCUT2D eigenvalue weighted by Crippen LogP contribution is -2.12. The SMILES string of the molecule is CC(Cl)=C(Cl)OC(=O)C(C)Cl. The van der Waals surface area contributed by atoms with Gasteiger partial charge in [-0.05, 0) is 25.4 Å². The molecule has 0 spiro atoms. The zero-order valence-electron chi connectivity index (χ0n) is 6.03. The van der Waals surface area contributed by atoms with Crippen LogP contribution in [-0.2, 0) is 9.53 Å². The summed E-state index contributed by atoms with van der Waals surface area (Å²) in [5.74, 6) is -0.614. The van der Waals surface area contributed by atoms with Gasteiger partial charge in [0.2, 0.25) is 5.22 Å². The maximum absolute atomic E-state index is 10.7. The number of rotatable bonds is 2. The van der Waals surface area contributed by atoms with Gasteiger partial charge >= 0.3 is 5.97 Å². The van der Waals surface area contributed by atoms with Crippen LogP contribution < -0.4 is 0 Å². The smallest absolute Gasteiger partial charge is 0.330 e. The van der Waals surface area contributed by atoms with E-state index in [9.17, 15) is 4.79 Å². The van der Waals surface area contributed by atoms with Gasteiger partial charge in [-0.1, -0.05) is 11.6 Å². The highest BCUT2D eigenvalue weighted by atomic mass is 35.5. The summed E-state index contributed by atoms with van der Waals surface area (Å²) in [5.41, 5.74) is 0. The van der Waals surface area contributed by atoms with Crippen molar-refractivity contribution in [3.63, 3.8) is 0 Å². The van der Waals surface area contributed by atoms with E-state index in [1.807, 2.05) is 0 Å². The Kier molecular flexibility index (Phi) is 4.89. The van der Waals surface area contributed by atoms with Crippen molar-refractivity contribution in [2.45, 2.75) is 19.2 Å². The van der Waals surface area contributed by atoms with Gasteiger partial charge < -0.3 is 4.74 Å². The molecule has 0 saturated heterocycles. The number of hydrogen-bond acceptors (Lipinski definition) is 2. The van der Waals surface area contributed by atoms with Crippen molar-refractivity contribution < 1.29 is 9.53 Å². The molecule has 0 aromatic carbocycles. The Morgan fingerprint density at radius 3 is 2.18 bits per heavy atom. The molecule has 0 amide bonds. The quantitative estimate of drug-likeness (QED) is 0.404. The van der Waals surface area contributed by atoms with Crippen LogP contribution in [0.3, 0.4) is 0 Å². The van der Waals surface area contributed by atoms with Crippen LogP contribution in [0.5, 0.6) is 0 Å². The minimum atomic E-state index is -0.722. The molecule has 64 valence electrons. The van der Waals surface area contributed by atoms with Crippen LogP contribution in [0.2, 0.25) is 0 Å². The number of ether oxygens (including phenoxy) is 1. The Bertz CT molecular complexity index is 182. The Hall–Kier alpha value is 0.0800. The first kappa shape index (κ1) is 11.1. The van der Waals surface area contributed by atoms with Crippen molar-refractivity contribution in [1.82, 2.24) is 0 Å². The van der Waals surface area contributed by atoms with E-state index in [0.717, 1.165) is 0 Å². The van der Waals surface area contributed by atoms with Crippen LogP contribution in [0, 0.1) is 0 Å². The fourth-order valence-corrected chi connectivity index (χ4v) is 0.399. The lowest BCUT2D eigenvalue weighted by molar-refractivity contribution is -0.137. The topological polar surface area (TPSA) is 26.3 Å². The highest BCUT2D eigenvalue weighted by Crippen LogP contribution is 2.15. The molecule has 1 atom stereocenters. The van der Waals surface area contributed by atoms with E-state index >= 15 is 0 Å². The molecule has 0 fully saturated rings. The van der Waals surface area contributed by atoms with E-state index < -0.39 is 11.3 Å². The molecule has 0 aromatic rings. The van der Waals surface area contributed by atoms with Gasteiger partial charge in [0.25, 0.3) is 0 Å². The summed E-state index contributed by atoms with van der Waals surface area (Å²) in [5, 5.41) is -0.638. The average Bonchev–Trinajstić information content (AvgIpc) is 1.87. The maximum Gasteiger partial charge on any atom is 0.330 e. The normalized spacial score (nSPS) is 15.4. The van der Waals surface area contributed by atoms with Crippen molar-refractivity contribution in [3.05, 3.63) is 10.3 Å². The van der Waals surface area contributed by atoms with Gasteiger partial charge in [-0.2, -0.15) is 0 Å². The molecule has 2 nitrogen and oxygen atoms in total. The summed E-state index contributed by atoms with van der Waals surface area (Å²) < 4.78 is 4.52. The summed E-state index contributed by atoms with van der Waals surface area (Å²) in [4.78, 5) is 10.7. The van der Waals surface area contributed by atoms with Gasteiger partial charge in [-0.15, -0.1) is 11.6 Å². The lowest BCUT2D eigenvalue weighted by atomic mass is 10.5. The monoisotopic (exact) mass is 216 g/mol. The molecule has 0 radical (unpaired) electrons. The number of carbonyl (C=O) groups is 1. The molecular weight excluding hydrogens is 210 g/mol. The van der Waals surface area contributed by atoms with Crippen molar-refractivity contribution in [2.75, 3.05) is 0 Å². The minimum Gasteiger partial charge on any atom is -0.412 e. The predicted octanol–water partition coefficient (Wildman–Crippen LogP) is 2.82. The van der Waals surface area contributed by atoms with Gasteiger partial charge in [0.15, 0.2) is 0 Å². The van der Waals surface area contributed by atoms with Crippen molar-refractivity contribution >= 4 is 40.8 Å². The molecule has 0 aliphatic carbocycles. The number of alkyl halides is 1. The summed E-state index contributed by atoms with van der Waals surface area (Å²) in [7, 11) is 0. The molecule has 0 bridgehead atoms. The lowest BCUT2D eigenvalue weighted by Gasteiger charge is -2.03. The number of hydrogen-bond donors (Lipinski definition) is 0. The largest absolute Gasteiger partial charge is 0.412 e. The fraction of sp³-hybridized carbons (Fsp3) is 0.500. The van der Waals surface area contributed by atoms with Gasteiger partial charge in [0, 0.05) is 0 Å². The standard InChI is InChI=1S/C6H7Cl3O2/c1-3(7)5(9)11-6(10)4(2)8/h4H,1-2H3. The van der Waals surface area contributed by atoms with Crippen LogP contribution in [0.4, 0.5) is 0 Å². The Balaban J connectivity index is 4.07. The van der Waals surface area contributed by atoms with E-state index in [4.69, 9.17) is 34.8 Å². The summed E-state index contributed by atoms with van der Waals surface area (Å²) >= 11 is 16.2.